The summed E-state index contributed by atoms with van der Waals surface area (Å²) >= 11 is 17.9. The van der Waals surface area contributed by atoms with Crippen molar-refractivity contribution < 1.29 is 14.3 Å². The fourth-order valence-electron chi connectivity index (χ4n) is 2.09. The summed E-state index contributed by atoms with van der Waals surface area (Å²) in [6.07, 6.45) is 1.87. The third-order valence-electron chi connectivity index (χ3n) is 3.50. The summed E-state index contributed by atoms with van der Waals surface area (Å²) in [6, 6.07) is 10.5. The van der Waals surface area contributed by atoms with E-state index < -0.39 is 18.0 Å². The van der Waals surface area contributed by atoms with Crippen LogP contribution in [0.5, 0.6) is 0 Å². The van der Waals surface area contributed by atoms with Gasteiger partial charge in [0.15, 0.2) is 6.10 Å². The number of aryl methyl sites for hydroxylation is 1. The molecule has 4 nitrogen and oxygen atoms in total. The highest BCUT2D eigenvalue weighted by atomic mass is 35.5. The van der Waals surface area contributed by atoms with Gasteiger partial charge in [-0.1, -0.05) is 59.1 Å². The first-order chi connectivity index (χ1) is 12.3. The summed E-state index contributed by atoms with van der Waals surface area (Å²) in [4.78, 5) is 24.1. The van der Waals surface area contributed by atoms with Crippen molar-refractivity contribution in [1.82, 2.24) is 0 Å². The zero-order valence-electron chi connectivity index (χ0n) is 14.1. The van der Waals surface area contributed by atoms with Gasteiger partial charge in [0.1, 0.15) is 0 Å². The van der Waals surface area contributed by atoms with Crippen LogP contribution in [0.1, 0.15) is 18.1 Å². The number of benzene rings is 2. The number of esters is 1. The minimum atomic E-state index is -1.04. The van der Waals surface area contributed by atoms with Crippen LogP contribution in [-0.4, -0.2) is 18.0 Å². The van der Waals surface area contributed by atoms with Gasteiger partial charge in [0.05, 0.1) is 15.7 Å². The Kier molecular flexibility index (Phi) is 7.09. The Hall–Kier alpha value is -2.01. The number of anilines is 1. The number of carbonyl (C=O) groups is 2. The molecular weight excluding hydrogens is 397 g/mol. The summed E-state index contributed by atoms with van der Waals surface area (Å²) < 4.78 is 5.10. The number of carbonyl (C=O) groups excluding carboxylic acids is 2. The molecule has 0 radical (unpaired) electrons. The monoisotopic (exact) mass is 411 g/mol. The minimum absolute atomic E-state index is 0.189. The molecule has 2 rings (SSSR count). The summed E-state index contributed by atoms with van der Waals surface area (Å²) in [5.74, 6) is -1.20. The molecule has 0 unspecified atom stereocenters. The maximum atomic E-state index is 12.2. The predicted octanol–water partition coefficient (Wildman–Crippen LogP) is 5.54. The van der Waals surface area contributed by atoms with Crippen molar-refractivity contribution in [2.45, 2.75) is 20.0 Å². The van der Waals surface area contributed by atoms with E-state index in [2.05, 4.69) is 5.32 Å². The fraction of sp³-hybridized carbons (Fsp3) is 0.158. The van der Waals surface area contributed by atoms with Gasteiger partial charge < -0.3 is 10.1 Å². The van der Waals surface area contributed by atoms with Crippen molar-refractivity contribution in [3.63, 3.8) is 0 Å². The van der Waals surface area contributed by atoms with Crippen molar-refractivity contribution in [2.75, 3.05) is 5.32 Å². The summed E-state index contributed by atoms with van der Waals surface area (Å²) in [7, 11) is 0. The Morgan fingerprint density at radius 3 is 2.35 bits per heavy atom. The first-order valence-electron chi connectivity index (χ1n) is 7.67. The van der Waals surface area contributed by atoms with Crippen LogP contribution in [0.3, 0.4) is 0 Å². The molecule has 2 aromatic rings. The highest BCUT2D eigenvalue weighted by Gasteiger charge is 2.19. The zero-order chi connectivity index (χ0) is 19.3. The molecule has 0 aliphatic rings. The van der Waals surface area contributed by atoms with E-state index in [-0.39, 0.29) is 15.7 Å². The van der Waals surface area contributed by atoms with Gasteiger partial charge >= 0.3 is 5.97 Å². The van der Waals surface area contributed by atoms with E-state index in [4.69, 9.17) is 39.5 Å². The number of nitrogens with one attached hydrogen (secondary N) is 1. The average molecular weight is 413 g/mol. The molecule has 0 fully saturated rings. The van der Waals surface area contributed by atoms with E-state index >= 15 is 0 Å². The van der Waals surface area contributed by atoms with Crippen LogP contribution in [0.15, 0.2) is 42.5 Å². The third-order valence-corrected chi connectivity index (χ3v) is 4.32. The van der Waals surface area contributed by atoms with Crippen LogP contribution in [0.25, 0.3) is 6.08 Å². The van der Waals surface area contributed by atoms with Gasteiger partial charge in [-0.25, -0.2) is 4.79 Å². The Balaban J connectivity index is 1.99. The van der Waals surface area contributed by atoms with E-state index in [9.17, 15) is 9.59 Å². The molecule has 0 aliphatic carbocycles. The quantitative estimate of drug-likeness (QED) is 0.518. The summed E-state index contributed by atoms with van der Waals surface area (Å²) in [5.41, 5.74) is 2.12. The van der Waals surface area contributed by atoms with Crippen molar-refractivity contribution in [3.8, 4) is 0 Å². The minimum Gasteiger partial charge on any atom is -0.449 e. The maximum Gasteiger partial charge on any atom is 0.331 e. The number of ether oxygens (including phenoxy) is 1. The molecule has 1 atom stereocenters. The third kappa shape index (κ3) is 5.49. The molecule has 2 aromatic carbocycles. The van der Waals surface area contributed by atoms with E-state index in [1.54, 1.807) is 6.08 Å². The number of hydrogen-bond acceptors (Lipinski definition) is 3. The number of hydrogen-bond donors (Lipinski definition) is 1. The molecule has 1 amide bonds. The molecule has 0 bridgehead atoms. The number of rotatable bonds is 5. The lowest BCUT2D eigenvalue weighted by atomic mass is 10.1. The van der Waals surface area contributed by atoms with Gasteiger partial charge in [-0.3, -0.25) is 4.79 Å². The number of amides is 1. The van der Waals surface area contributed by atoms with E-state index in [1.807, 2.05) is 31.2 Å². The molecule has 0 saturated carbocycles. The predicted molar refractivity (Wildman–Crippen MR) is 106 cm³/mol. The standard InChI is InChI=1S/C19H16Cl3NO3/c1-11-5-3-4-6-13(11)7-8-17(24)26-12(2)19(25)23-18-15(21)9-14(20)10-16(18)22/h3-10,12H,1-2H3,(H,23,25)/b8-7+/t12-/m0/s1. The van der Waals surface area contributed by atoms with Crippen molar-refractivity contribution >= 4 is 58.4 Å². The van der Waals surface area contributed by atoms with Crippen LogP contribution >= 0.6 is 34.8 Å². The summed E-state index contributed by atoms with van der Waals surface area (Å²) in [5, 5.41) is 3.25. The van der Waals surface area contributed by atoms with Crippen LogP contribution in [0.4, 0.5) is 5.69 Å². The topological polar surface area (TPSA) is 55.4 Å². The molecule has 7 heteroatoms. The SMILES string of the molecule is Cc1ccccc1/C=C/C(=O)O[C@@H](C)C(=O)Nc1c(Cl)cc(Cl)cc1Cl. The highest BCUT2D eigenvalue weighted by molar-refractivity contribution is 6.42. The average Bonchev–Trinajstić information content (AvgIpc) is 2.57. The molecule has 0 heterocycles. The van der Waals surface area contributed by atoms with Crippen LogP contribution in [0.2, 0.25) is 15.1 Å². The Bertz CT molecular complexity index is 842. The first kappa shape index (κ1) is 20.3. The fourth-order valence-corrected chi connectivity index (χ4v) is 3.00. The van der Waals surface area contributed by atoms with Gasteiger partial charge in [0.2, 0.25) is 0 Å². The lowest BCUT2D eigenvalue weighted by Crippen LogP contribution is -2.29. The zero-order valence-corrected chi connectivity index (χ0v) is 16.3. The van der Waals surface area contributed by atoms with Gasteiger partial charge in [0, 0.05) is 11.1 Å². The Morgan fingerprint density at radius 2 is 1.73 bits per heavy atom. The van der Waals surface area contributed by atoms with Gasteiger partial charge in [-0.05, 0) is 43.2 Å². The van der Waals surface area contributed by atoms with E-state index in [0.717, 1.165) is 11.1 Å². The van der Waals surface area contributed by atoms with Crippen LogP contribution in [-0.2, 0) is 14.3 Å². The molecule has 0 saturated heterocycles. The van der Waals surface area contributed by atoms with E-state index in [1.165, 1.54) is 25.1 Å². The van der Waals surface area contributed by atoms with Crippen molar-refractivity contribution in [3.05, 3.63) is 68.7 Å². The van der Waals surface area contributed by atoms with Crippen LogP contribution in [0, 0.1) is 6.92 Å². The largest absolute Gasteiger partial charge is 0.449 e. The lowest BCUT2D eigenvalue weighted by Gasteiger charge is -2.14. The van der Waals surface area contributed by atoms with Crippen molar-refractivity contribution in [2.24, 2.45) is 0 Å². The van der Waals surface area contributed by atoms with Crippen LogP contribution < -0.4 is 5.32 Å². The Morgan fingerprint density at radius 1 is 1.12 bits per heavy atom. The second kappa shape index (κ2) is 9.08. The number of halogens is 3. The van der Waals surface area contributed by atoms with E-state index in [0.29, 0.717) is 5.02 Å². The molecule has 136 valence electrons. The smallest absolute Gasteiger partial charge is 0.331 e. The first-order valence-corrected chi connectivity index (χ1v) is 8.81. The van der Waals surface area contributed by atoms with Gasteiger partial charge in [-0.2, -0.15) is 0 Å². The molecule has 0 aliphatic heterocycles. The molecule has 26 heavy (non-hydrogen) atoms. The Labute approximate surface area is 166 Å². The lowest BCUT2D eigenvalue weighted by molar-refractivity contribution is -0.148. The maximum absolute atomic E-state index is 12.2. The second-order valence-corrected chi connectivity index (χ2v) is 6.75. The second-order valence-electron chi connectivity index (χ2n) is 5.50. The molecule has 0 spiro atoms. The summed E-state index contributed by atoms with van der Waals surface area (Å²) in [6.45, 7) is 3.38. The molecule has 0 aromatic heterocycles. The molecular formula is C19H16Cl3NO3. The normalized spacial score (nSPS) is 12.0. The van der Waals surface area contributed by atoms with Crippen molar-refractivity contribution in [1.29, 1.82) is 0 Å². The van der Waals surface area contributed by atoms with Gasteiger partial charge in [-0.15, -0.1) is 0 Å². The highest BCUT2D eigenvalue weighted by Crippen LogP contribution is 2.33. The van der Waals surface area contributed by atoms with Gasteiger partial charge in [0.25, 0.3) is 5.91 Å². The molecule has 1 N–H and O–H groups in total.